The first-order valence-electron chi connectivity index (χ1n) is 6.34. The molecule has 1 aromatic heterocycles. The number of amides is 1. The number of carbonyl (C=O) groups excluding carboxylic acids is 1. The van der Waals surface area contributed by atoms with Crippen LogP contribution in [0.15, 0.2) is 18.2 Å². The van der Waals surface area contributed by atoms with Crippen molar-refractivity contribution >= 4 is 51.8 Å². The van der Waals surface area contributed by atoms with Gasteiger partial charge in [-0.3, -0.25) is 9.89 Å². The summed E-state index contributed by atoms with van der Waals surface area (Å²) in [5, 5.41) is 13.8. The smallest absolute Gasteiger partial charge is 0.272 e. The van der Waals surface area contributed by atoms with E-state index < -0.39 is 0 Å². The number of hydrogen-bond acceptors (Lipinski definition) is 4. The van der Waals surface area contributed by atoms with Gasteiger partial charge in [0.15, 0.2) is 5.69 Å². The van der Waals surface area contributed by atoms with Crippen LogP contribution in [0.1, 0.15) is 10.5 Å². The second-order valence-corrected chi connectivity index (χ2v) is 5.51. The Morgan fingerprint density at radius 2 is 2.19 bits per heavy atom. The molecule has 0 aliphatic carbocycles. The molecular formula is C13H18ClIN4O2. The molecule has 3 N–H and O–H groups in total. The molecule has 6 nitrogen and oxygen atoms in total. The molecule has 1 aromatic carbocycles. The van der Waals surface area contributed by atoms with Gasteiger partial charge in [-0.05, 0) is 40.8 Å². The second-order valence-electron chi connectivity index (χ2n) is 4.26. The fourth-order valence-corrected chi connectivity index (χ4v) is 2.30. The van der Waals surface area contributed by atoms with E-state index in [-0.39, 0.29) is 18.3 Å². The summed E-state index contributed by atoms with van der Waals surface area (Å²) in [6.07, 6.45) is 0. The summed E-state index contributed by atoms with van der Waals surface area (Å²) in [6, 6.07) is 5.85. The maximum Gasteiger partial charge on any atom is 0.272 e. The number of ether oxygens (including phenoxy) is 1. The summed E-state index contributed by atoms with van der Waals surface area (Å²) in [6.45, 7) is 2.70. The Kier molecular flexibility index (Phi) is 7.94. The molecule has 1 amide bonds. The Hall–Kier alpha value is -0.900. The van der Waals surface area contributed by atoms with Crippen LogP contribution in [0, 0.1) is 3.57 Å². The van der Waals surface area contributed by atoms with Crippen LogP contribution in [-0.2, 0) is 4.74 Å². The Balaban J connectivity index is 0.00000220. The van der Waals surface area contributed by atoms with Crippen LogP contribution in [0.2, 0.25) is 0 Å². The van der Waals surface area contributed by atoms with Crippen molar-refractivity contribution in [1.29, 1.82) is 0 Å². The van der Waals surface area contributed by atoms with Gasteiger partial charge in [-0.15, -0.1) is 12.4 Å². The monoisotopic (exact) mass is 424 g/mol. The van der Waals surface area contributed by atoms with Crippen molar-refractivity contribution < 1.29 is 9.53 Å². The van der Waals surface area contributed by atoms with E-state index >= 15 is 0 Å². The second kappa shape index (κ2) is 9.19. The Morgan fingerprint density at radius 3 is 2.95 bits per heavy atom. The zero-order valence-corrected chi connectivity index (χ0v) is 14.6. The lowest BCUT2D eigenvalue weighted by Crippen LogP contribution is -2.33. The van der Waals surface area contributed by atoms with E-state index in [1.165, 1.54) is 0 Å². The minimum Gasteiger partial charge on any atom is -0.383 e. The molecule has 0 aliphatic rings. The third-order valence-electron chi connectivity index (χ3n) is 2.81. The standard InChI is InChI=1S/C13H17IN4O2.ClH/c1-20-7-6-15-4-5-16-13(19)12-10-8-9(14)2-3-11(10)17-18-12;/h2-3,8,15H,4-7H2,1H3,(H,16,19)(H,17,18);1H. The Bertz CT molecular complexity index is 591. The molecule has 116 valence electrons. The van der Waals surface area contributed by atoms with Gasteiger partial charge < -0.3 is 15.4 Å². The molecule has 2 aromatic rings. The third kappa shape index (κ3) is 5.10. The maximum absolute atomic E-state index is 12.1. The number of methoxy groups -OCH3 is 1. The van der Waals surface area contributed by atoms with Crippen molar-refractivity contribution in [3.05, 3.63) is 27.5 Å². The number of rotatable bonds is 7. The van der Waals surface area contributed by atoms with Gasteiger partial charge in [-0.2, -0.15) is 5.10 Å². The summed E-state index contributed by atoms with van der Waals surface area (Å²) in [5.41, 5.74) is 1.31. The molecule has 0 bridgehead atoms. The van der Waals surface area contributed by atoms with E-state index in [1.54, 1.807) is 7.11 Å². The van der Waals surface area contributed by atoms with Crippen LogP contribution in [-0.4, -0.2) is 49.5 Å². The number of carbonyl (C=O) groups is 1. The van der Waals surface area contributed by atoms with Gasteiger partial charge in [0.05, 0.1) is 12.1 Å². The summed E-state index contributed by atoms with van der Waals surface area (Å²) < 4.78 is 6.00. The molecule has 0 spiro atoms. The fourth-order valence-electron chi connectivity index (χ4n) is 1.81. The highest BCUT2D eigenvalue weighted by Gasteiger charge is 2.13. The minimum atomic E-state index is -0.160. The van der Waals surface area contributed by atoms with Crippen LogP contribution in [0.25, 0.3) is 10.9 Å². The van der Waals surface area contributed by atoms with E-state index in [1.807, 2.05) is 18.2 Å². The van der Waals surface area contributed by atoms with E-state index in [4.69, 9.17) is 4.74 Å². The quantitative estimate of drug-likeness (QED) is 0.465. The summed E-state index contributed by atoms with van der Waals surface area (Å²) in [5.74, 6) is -0.160. The number of fused-ring (bicyclic) bond motifs is 1. The topological polar surface area (TPSA) is 79.0 Å². The van der Waals surface area contributed by atoms with Crippen molar-refractivity contribution in [1.82, 2.24) is 20.8 Å². The van der Waals surface area contributed by atoms with E-state index in [2.05, 4.69) is 43.4 Å². The average Bonchev–Trinajstić information content (AvgIpc) is 2.85. The molecular weight excluding hydrogens is 407 g/mol. The van der Waals surface area contributed by atoms with E-state index in [9.17, 15) is 4.79 Å². The van der Waals surface area contributed by atoms with Crippen molar-refractivity contribution in [2.24, 2.45) is 0 Å². The van der Waals surface area contributed by atoms with Gasteiger partial charge in [0.1, 0.15) is 0 Å². The normalized spacial score (nSPS) is 10.4. The van der Waals surface area contributed by atoms with Crippen LogP contribution in [0.5, 0.6) is 0 Å². The Morgan fingerprint density at radius 1 is 1.38 bits per heavy atom. The van der Waals surface area contributed by atoms with Gasteiger partial charge in [-0.25, -0.2) is 0 Å². The number of aromatic nitrogens is 2. The molecule has 0 atom stereocenters. The average molecular weight is 425 g/mol. The van der Waals surface area contributed by atoms with Gasteiger partial charge in [-0.1, -0.05) is 0 Å². The zero-order chi connectivity index (χ0) is 14.4. The highest BCUT2D eigenvalue weighted by atomic mass is 127. The molecule has 1 heterocycles. The van der Waals surface area contributed by atoms with Gasteiger partial charge >= 0.3 is 0 Å². The summed E-state index contributed by atoms with van der Waals surface area (Å²) >= 11 is 2.22. The molecule has 0 aliphatic heterocycles. The molecule has 0 radical (unpaired) electrons. The van der Waals surface area contributed by atoms with Crippen LogP contribution in [0.4, 0.5) is 0 Å². The lowest BCUT2D eigenvalue weighted by atomic mass is 10.2. The molecule has 0 fully saturated rings. The number of halogens is 2. The fraction of sp³-hybridized carbons (Fsp3) is 0.385. The van der Waals surface area contributed by atoms with Crippen molar-refractivity contribution in [3.63, 3.8) is 0 Å². The zero-order valence-electron chi connectivity index (χ0n) is 11.6. The van der Waals surface area contributed by atoms with E-state index in [0.29, 0.717) is 25.4 Å². The number of nitrogens with one attached hydrogen (secondary N) is 3. The molecule has 2 rings (SSSR count). The molecule has 0 unspecified atom stereocenters. The maximum atomic E-state index is 12.1. The van der Waals surface area contributed by atoms with E-state index in [0.717, 1.165) is 21.0 Å². The first kappa shape index (κ1) is 18.1. The minimum absolute atomic E-state index is 0. The lowest BCUT2D eigenvalue weighted by molar-refractivity contribution is 0.0950. The molecule has 0 saturated carbocycles. The van der Waals surface area contributed by atoms with Crippen molar-refractivity contribution in [2.75, 3.05) is 33.4 Å². The first-order valence-corrected chi connectivity index (χ1v) is 7.41. The van der Waals surface area contributed by atoms with Gasteiger partial charge in [0.25, 0.3) is 5.91 Å². The van der Waals surface area contributed by atoms with Crippen molar-refractivity contribution in [3.8, 4) is 0 Å². The predicted molar refractivity (Wildman–Crippen MR) is 93.1 cm³/mol. The number of benzene rings is 1. The third-order valence-corrected chi connectivity index (χ3v) is 3.48. The summed E-state index contributed by atoms with van der Waals surface area (Å²) in [7, 11) is 1.66. The molecule has 21 heavy (non-hydrogen) atoms. The summed E-state index contributed by atoms with van der Waals surface area (Å²) in [4.78, 5) is 12.1. The largest absolute Gasteiger partial charge is 0.383 e. The number of aromatic amines is 1. The van der Waals surface area contributed by atoms with Crippen molar-refractivity contribution in [2.45, 2.75) is 0 Å². The molecule has 8 heteroatoms. The lowest BCUT2D eigenvalue weighted by Gasteiger charge is -2.05. The Labute approximate surface area is 142 Å². The van der Waals surface area contributed by atoms with Gasteiger partial charge in [0.2, 0.25) is 0 Å². The number of H-pyrrole nitrogens is 1. The number of nitrogens with zero attached hydrogens (tertiary/aromatic N) is 1. The van der Waals surface area contributed by atoms with Crippen LogP contribution >= 0.6 is 35.0 Å². The predicted octanol–water partition coefficient (Wildman–Crippen LogP) is 1.56. The van der Waals surface area contributed by atoms with Gasteiger partial charge in [0, 0.05) is 35.7 Å². The van der Waals surface area contributed by atoms with Crippen LogP contribution < -0.4 is 10.6 Å². The number of hydrogen-bond donors (Lipinski definition) is 3. The highest BCUT2D eigenvalue weighted by molar-refractivity contribution is 14.1. The highest BCUT2D eigenvalue weighted by Crippen LogP contribution is 2.18. The first-order chi connectivity index (χ1) is 9.72. The molecule has 0 saturated heterocycles. The SMILES string of the molecule is COCCNCCNC(=O)c1n[nH]c2ccc(I)cc12.Cl. The van der Waals surface area contributed by atoms with Crippen LogP contribution in [0.3, 0.4) is 0 Å².